The zero-order valence-corrected chi connectivity index (χ0v) is 14.7. The standard InChI is InChI=1S/C18H20ClN3O3/c19-14-3-1-13(2-4-14)17-20-15(25-21-17)6-9-22-11-18(7-5-16(22)23)8-10-24-12-18/h1-4H,5-12H2. The third-order valence-corrected chi connectivity index (χ3v) is 5.35. The summed E-state index contributed by atoms with van der Waals surface area (Å²) < 4.78 is 10.9. The van der Waals surface area contributed by atoms with E-state index in [9.17, 15) is 4.79 Å². The second kappa shape index (κ2) is 6.77. The molecular weight excluding hydrogens is 342 g/mol. The van der Waals surface area contributed by atoms with Gasteiger partial charge in [-0.15, -0.1) is 0 Å². The minimum absolute atomic E-state index is 0.150. The van der Waals surface area contributed by atoms with Gasteiger partial charge in [0.15, 0.2) is 0 Å². The van der Waals surface area contributed by atoms with E-state index in [1.165, 1.54) is 0 Å². The van der Waals surface area contributed by atoms with E-state index >= 15 is 0 Å². The van der Waals surface area contributed by atoms with E-state index in [0.717, 1.165) is 38.2 Å². The number of likely N-dealkylation sites (tertiary alicyclic amines) is 1. The van der Waals surface area contributed by atoms with Gasteiger partial charge in [-0.1, -0.05) is 16.8 Å². The molecule has 1 aromatic heterocycles. The van der Waals surface area contributed by atoms with Crippen molar-refractivity contribution in [1.82, 2.24) is 15.0 Å². The van der Waals surface area contributed by atoms with Crippen molar-refractivity contribution in [1.29, 1.82) is 0 Å². The summed E-state index contributed by atoms with van der Waals surface area (Å²) in [6.07, 6.45) is 3.13. The van der Waals surface area contributed by atoms with Crippen molar-refractivity contribution in [2.75, 3.05) is 26.3 Å². The van der Waals surface area contributed by atoms with Crippen LogP contribution in [0, 0.1) is 5.41 Å². The fraction of sp³-hybridized carbons (Fsp3) is 0.500. The number of nitrogens with zero attached hydrogens (tertiary/aromatic N) is 3. The van der Waals surface area contributed by atoms with Crippen LogP contribution in [-0.4, -0.2) is 47.3 Å². The number of rotatable bonds is 4. The van der Waals surface area contributed by atoms with E-state index in [-0.39, 0.29) is 11.3 Å². The molecule has 2 aliphatic heterocycles. The lowest BCUT2D eigenvalue weighted by Gasteiger charge is -2.39. The molecular formula is C18H20ClN3O3. The van der Waals surface area contributed by atoms with E-state index in [4.69, 9.17) is 20.9 Å². The van der Waals surface area contributed by atoms with Crippen molar-refractivity contribution in [3.05, 3.63) is 35.2 Å². The van der Waals surface area contributed by atoms with Gasteiger partial charge >= 0.3 is 0 Å². The van der Waals surface area contributed by atoms with Crippen molar-refractivity contribution in [3.63, 3.8) is 0 Å². The van der Waals surface area contributed by atoms with E-state index in [2.05, 4.69) is 10.1 Å². The fourth-order valence-corrected chi connectivity index (χ4v) is 3.71. The van der Waals surface area contributed by atoms with Gasteiger partial charge in [0, 0.05) is 48.5 Å². The van der Waals surface area contributed by atoms with Crippen LogP contribution in [0.25, 0.3) is 11.4 Å². The number of carbonyl (C=O) groups excluding carboxylic acids is 1. The lowest BCUT2D eigenvalue weighted by Crippen LogP contribution is -2.47. The summed E-state index contributed by atoms with van der Waals surface area (Å²) in [5, 5.41) is 4.68. The van der Waals surface area contributed by atoms with Crippen LogP contribution in [-0.2, 0) is 16.0 Å². The Kier molecular flexibility index (Phi) is 4.48. The number of hydrogen-bond donors (Lipinski definition) is 0. The Hall–Kier alpha value is -1.92. The van der Waals surface area contributed by atoms with Crippen LogP contribution in [0.4, 0.5) is 0 Å². The Morgan fingerprint density at radius 3 is 2.84 bits per heavy atom. The molecule has 132 valence electrons. The molecule has 1 unspecified atom stereocenters. The highest BCUT2D eigenvalue weighted by Gasteiger charge is 2.41. The average molecular weight is 362 g/mol. The van der Waals surface area contributed by atoms with Gasteiger partial charge in [-0.2, -0.15) is 4.98 Å². The monoisotopic (exact) mass is 361 g/mol. The zero-order chi connectivity index (χ0) is 17.3. The van der Waals surface area contributed by atoms with Crippen LogP contribution in [0.2, 0.25) is 5.02 Å². The van der Waals surface area contributed by atoms with Crippen molar-refractivity contribution >= 4 is 17.5 Å². The lowest BCUT2D eigenvalue weighted by atomic mass is 9.79. The number of halogens is 1. The molecule has 0 N–H and O–H groups in total. The third kappa shape index (κ3) is 3.55. The Morgan fingerprint density at radius 2 is 2.08 bits per heavy atom. The van der Waals surface area contributed by atoms with Crippen molar-refractivity contribution < 1.29 is 14.1 Å². The molecule has 1 atom stereocenters. The van der Waals surface area contributed by atoms with Gasteiger partial charge in [-0.3, -0.25) is 4.79 Å². The van der Waals surface area contributed by atoms with Gasteiger partial charge in [0.05, 0.1) is 6.61 Å². The zero-order valence-electron chi connectivity index (χ0n) is 13.9. The summed E-state index contributed by atoms with van der Waals surface area (Å²) in [4.78, 5) is 18.6. The average Bonchev–Trinajstić information content (AvgIpc) is 3.27. The Labute approximate surface area is 151 Å². The van der Waals surface area contributed by atoms with Crippen LogP contribution in [0.5, 0.6) is 0 Å². The molecule has 6 nitrogen and oxygen atoms in total. The van der Waals surface area contributed by atoms with E-state index in [1.807, 2.05) is 17.0 Å². The molecule has 2 saturated heterocycles. The van der Waals surface area contributed by atoms with E-state index in [0.29, 0.717) is 36.1 Å². The molecule has 0 radical (unpaired) electrons. The molecule has 0 bridgehead atoms. The minimum atomic E-state index is 0.150. The van der Waals surface area contributed by atoms with Gasteiger partial charge in [0.2, 0.25) is 17.6 Å². The summed E-state index contributed by atoms with van der Waals surface area (Å²) in [7, 11) is 0. The molecule has 0 aliphatic carbocycles. The van der Waals surface area contributed by atoms with Gasteiger partial charge in [0.1, 0.15) is 0 Å². The molecule has 25 heavy (non-hydrogen) atoms. The summed E-state index contributed by atoms with van der Waals surface area (Å²) in [5.41, 5.74) is 1.01. The molecule has 1 amide bonds. The van der Waals surface area contributed by atoms with Crippen LogP contribution < -0.4 is 0 Å². The summed E-state index contributed by atoms with van der Waals surface area (Å²) in [5.74, 6) is 1.28. The summed E-state index contributed by atoms with van der Waals surface area (Å²) in [6.45, 7) is 2.93. The lowest BCUT2D eigenvalue weighted by molar-refractivity contribution is -0.137. The Balaban J connectivity index is 1.39. The molecule has 0 saturated carbocycles. The molecule has 1 aromatic carbocycles. The third-order valence-electron chi connectivity index (χ3n) is 5.10. The summed E-state index contributed by atoms with van der Waals surface area (Å²) in [6, 6.07) is 7.30. The van der Waals surface area contributed by atoms with Crippen molar-refractivity contribution in [3.8, 4) is 11.4 Å². The number of carbonyl (C=O) groups is 1. The first-order valence-corrected chi connectivity index (χ1v) is 8.95. The van der Waals surface area contributed by atoms with E-state index < -0.39 is 0 Å². The molecule has 2 fully saturated rings. The number of ether oxygens (including phenoxy) is 1. The van der Waals surface area contributed by atoms with Crippen LogP contribution >= 0.6 is 11.6 Å². The van der Waals surface area contributed by atoms with Crippen molar-refractivity contribution in [2.45, 2.75) is 25.7 Å². The normalized spacial score (nSPS) is 23.6. The highest BCUT2D eigenvalue weighted by Crippen LogP contribution is 2.38. The van der Waals surface area contributed by atoms with Gasteiger partial charge in [-0.25, -0.2) is 0 Å². The molecule has 3 heterocycles. The first kappa shape index (κ1) is 16.5. The second-order valence-electron chi connectivity index (χ2n) is 6.89. The first-order chi connectivity index (χ1) is 12.1. The van der Waals surface area contributed by atoms with Gasteiger partial charge in [-0.05, 0) is 37.1 Å². The highest BCUT2D eigenvalue weighted by molar-refractivity contribution is 6.30. The SMILES string of the molecule is O=C1CCC2(CCOC2)CN1CCc1nc(-c2ccc(Cl)cc2)no1. The number of amides is 1. The molecule has 2 aliphatic rings. The molecule has 7 heteroatoms. The maximum atomic E-state index is 12.2. The number of aromatic nitrogens is 2. The number of piperidine rings is 1. The van der Waals surface area contributed by atoms with E-state index in [1.54, 1.807) is 12.1 Å². The van der Waals surface area contributed by atoms with Gasteiger partial charge in [0.25, 0.3) is 0 Å². The maximum Gasteiger partial charge on any atom is 0.228 e. The predicted molar refractivity (Wildman–Crippen MR) is 92.1 cm³/mol. The smallest absolute Gasteiger partial charge is 0.228 e. The molecule has 1 spiro atoms. The van der Waals surface area contributed by atoms with Gasteiger partial charge < -0.3 is 14.2 Å². The number of hydrogen-bond acceptors (Lipinski definition) is 5. The summed E-state index contributed by atoms with van der Waals surface area (Å²) >= 11 is 5.89. The Morgan fingerprint density at radius 1 is 1.24 bits per heavy atom. The van der Waals surface area contributed by atoms with Crippen LogP contribution in [0.3, 0.4) is 0 Å². The Bertz CT molecular complexity index is 753. The highest BCUT2D eigenvalue weighted by atomic mass is 35.5. The minimum Gasteiger partial charge on any atom is -0.381 e. The van der Waals surface area contributed by atoms with Crippen LogP contribution in [0.1, 0.15) is 25.2 Å². The quantitative estimate of drug-likeness (QED) is 0.837. The largest absolute Gasteiger partial charge is 0.381 e. The first-order valence-electron chi connectivity index (χ1n) is 8.58. The number of benzene rings is 1. The predicted octanol–water partition coefficient (Wildman–Crippen LogP) is 2.96. The molecule has 4 rings (SSSR count). The second-order valence-corrected chi connectivity index (χ2v) is 7.32. The molecule has 2 aromatic rings. The van der Waals surface area contributed by atoms with Crippen LogP contribution in [0.15, 0.2) is 28.8 Å². The van der Waals surface area contributed by atoms with Crippen molar-refractivity contribution in [2.24, 2.45) is 5.41 Å². The topological polar surface area (TPSA) is 68.5 Å². The fourth-order valence-electron chi connectivity index (χ4n) is 3.58. The maximum absolute atomic E-state index is 12.2.